The quantitative estimate of drug-likeness (QED) is 0.393. The number of nitrogens with one attached hydrogen (secondary N) is 1. The average molecular weight is 402 g/mol. The molecule has 6 nitrogen and oxygen atoms in total. The minimum absolute atomic E-state index is 0.105. The van der Waals surface area contributed by atoms with Crippen molar-refractivity contribution in [3.05, 3.63) is 83.4 Å². The molecule has 0 saturated heterocycles. The van der Waals surface area contributed by atoms with Crippen molar-refractivity contribution in [1.82, 2.24) is 20.4 Å². The lowest BCUT2D eigenvalue weighted by Gasteiger charge is -2.21. The molecule has 154 valence electrons. The normalized spacial score (nSPS) is 13.4. The number of aliphatic hydroxyl groups excluding tert-OH is 1. The SMILES string of the molecule is Nc1cc(C(CCc2ccccc2)CC(O)CCc2ccccc2)c2n[nH]nc2n1. The molecule has 0 aliphatic heterocycles. The number of nitrogens with zero attached hydrogens (tertiary/aromatic N) is 3. The first kappa shape index (κ1) is 20.0. The molecule has 4 rings (SSSR count). The molecular formula is C24H27N5O. The Morgan fingerprint density at radius 2 is 1.50 bits per heavy atom. The van der Waals surface area contributed by atoms with Crippen LogP contribution in [0.3, 0.4) is 0 Å². The topological polar surface area (TPSA) is 101 Å². The number of pyridine rings is 1. The van der Waals surface area contributed by atoms with Gasteiger partial charge in [-0.3, -0.25) is 0 Å². The van der Waals surface area contributed by atoms with Crippen molar-refractivity contribution in [3.8, 4) is 0 Å². The van der Waals surface area contributed by atoms with Crippen LogP contribution in [0.1, 0.15) is 41.9 Å². The zero-order valence-corrected chi connectivity index (χ0v) is 16.9. The van der Waals surface area contributed by atoms with Crippen LogP contribution in [-0.4, -0.2) is 31.6 Å². The van der Waals surface area contributed by atoms with Gasteiger partial charge in [-0.2, -0.15) is 10.3 Å². The second kappa shape index (κ2) is 9.50. The number of nitrogens with two attached hydrogens (primary N) is 1. The second-order valence-corrected chi connectivity index (χ2v) is 7.77. The molecule has 6 heteroatoms. The second-order valence-electron chi connectivity index (χ2n) is 7.77. The number of hydrogen-bond acceptors (Lipinski definition) is 5. The van der Waals surface area contributed by atoms with E-state index in [-0.39, 0.29) is 5.92 Å². The monoisotopic (exact) mass is 401 g/mol. The molecule has 0 fully saturated rings. The molecule has 2 aromatic heterocycles. The molecule has 0 aliphatic carbocycles. The lowest BCUT2D eigenvalue weighted by Crippen LogP contribution is -2.15. The third kappa shape index (κ3) is 5.02. The van der Waals surface area contributed by atoms with Gasteiger partial charge in [0.15, 0.2) is 0 Å². The molecule has 2 heterocycles. The number of H-pyrrole nitrogens is 1. The van der Waals surface area contributed by atoms with E-state index in [4.69, 9.17) is 5.73 Å². The fourth-order valence-corrected chi connectivity index (χ4v) is 4.00. The van der Waals surface area contributed by atoms with Crippen LogP contribution >= 0.6 is 0 Å². The molecular weight excluding hydrogens is 374 g/mol. The number of rotatable bonds is 9. The summed E-state index contributed by atoms with van der Waals surface area (Å²) < 4.78 is 0. The lowest BCUT2D eigenvalue weighted by atomic mass is 9.86. The van der Waals surface area contributed by atoms with Crippen LogP contribution < -0.4 is 5.73 Å². The van der Waals surface area contributed by atoms with Gasteiger partial charge in [-0.05, 0) is 60.8 Å². The van der Waals surface area contributed by atoms with E-state index >= 15 is 0 Å². The first-order chi connectivity index (χ1) is 14.7. The zero-order chi connectivity index (χ0) is 20.8. The molecule has 2 unspecified atom stereocenters. The van der Waals surface area contributed by atoms with E-state index in [0.29, 0.717) is 24.3 Å². The molecule has 0 aliphatic rings. The van der Waals surface area contributed by atoms with Crippen molar-refractivity contribution in [2.75, 3.05) is 5.73 Å². The third-order valence-corrected chi connectivity index (χ3v) is 5.57. The van der Waals surface area contributed by atoms with Crippen LogP contribution in [0.4, 0.5) is 5.82 Å². The first-order valence-electron chi connectivity index (χ1n) is 10.4. The summed E-state index contributed by atoms with van der Waals surface area (Å²) >= 11 is 0. The van der Waals surface area contributed by atoms with Gasteiger partial charge in [-0.25, -0.2) is 4.98 Å². The maximum atomic E-state index is 10.8. The molecule has 4 N–H and O–H groups in total. The van der Waals surface area contributed by atoms with Gasteiger partial charge < -0.3 is 10.8 Å². The van der Waals surface area contributed by atoms with Crippen LogP contribution in [0, 0.1) is 0 Å². The maximum Gasteiger partial charge on any atom is 0.203 e. The summed E-state index contributed by atoms with van der Waals surface area (Å²) in [5.41, 5.74) is 10.8. The van der Waals surface area contributed by atoms with E-state index in [1.165, 1.54) is 11.1 Å². The molecule has 4 aromatic rings. The van der Waals surface area contributed by atoms with Crippen molar-refractivity contribution >= 4 is 17.0 Å². The van der Waals surface area contributed by atoms with Gasteiger partial charge in [0, 0.05) is 0 Å². The lowest BCUT2D eigenvalue weighted by molar-refractivity contribution is 0.144. The Balaban J connectivity index is 1.52. The number of hydrogen-bond donors (Lipinski definition) is 3. The number of benzene rings is 2. The highest BCUT2D eigenvalue weighted by atomic mass is 16.3. The number of anilines is 1. The Hall–Kier alpha value is -3.25. The van der Waals surface area contributed by atoms with Crippen molar-refractivity contribution < 1.29 is 5.11 Å². The van der Waals surface area contributed by atoms with Crippen molar-refractivity contribution in [1.29, 1.82) is 0 Å². The zero-order valence-electron chi connectivity index (χ0n) is 16.9. The smallest absolute Gasteiger partial charge is 0.203 e. The van der Waals surface area contributed by atoms with Crippen LogP contribution in [0.2, 0.25) is 0 Å². The van der Waals surface area contributed by atoms with E-state index in [9.17, 15) is 5.11 Å². The molecule has 2 aromatic carbocycles. The van der Waals surface area contributed by atoms with Crippen LogP contribution in [-0.2, 0) is 12.8 Å². The Bertz CT molecular complexity index is 1060. The Kier molecular flexibility index (Phi) is 6.35. The largest absolute Gasteiger partial charge is 0.393 e. The van der Waals surface area contributed by atoms with Gasteiger partial charge in [0.05, 0.1) is 6.10 Å². The fourth-order valence-electron chi connectivity index (χ4n) is 4.00. The summed E-state index contributed by atoms with van der Waals surface area (Å²) in [7, 11) is 0. The summed E-state index contributed by atoms with van der Waals surface area (Å²) in [5, 5.41) is 21.9. The molecule has 0 amide bonds. The Morgan fingerprint density at radius 1 is 0.867 bits per heavy atom. The van der Waals surface area contributed by atoms with Crippen molar-refractivity contribution in [3.63, 3.8) is 0 Å². The predicted molar refractivity (Wildman–Crippen MR) is 119 cm³/mol. The van der Waals surface area contributed by atoms with Gasteiger partial charge in [0.1, 0.15) is 11.3 Å². The molecule has 0 saturated carbocycles. The van der Waals surface area contributed by atoms with E-state index in [1.807, 2.05) is 30.3 Å². The highest BCUT2D eigenvalue weighted by molar-refractivity contribution is 5.76. The van der Waals surface area contributed by atoms with Gasteiger partial charge in [-0.15, -0.1) is 5.10 Å². The summed E-state index contributed by atoms with van der Waals surface area (Å²) in [6.45, 7) is 0. The summed E-state index contributed by atoms with van der Waals surface area (Å²) in [6, 6.07) is 22.6. The number of aromatic amines is 1. The van der Waals surface area contributed by atoms with Crippen LogP contribution in [0.5, 0.6) is 0 Å². The minimum Gasteiger partial charge on any atom is -0.393 e. The van der Waals surface area contributed by atoms with Crippen LogP contribution in [0.15, 0.2) is 66.7 Å². The van der Waals surface area contributed by atoms with Gasteiger partial charge in [0.2, 0.25) is 5.65 Å². The molecule has 30 heavy (non-hydrogen) atoms. The number of aliphatic hydroxyl groups is 1. The number of aromatic nitrogens is 4. The summed E-state index contributed by atoms with van der Waals surface area (Å²) in [4.78, 5) is 4.26. The van der Waals surface area contributed by atoms with Gasteiger partial charge >= 0.3 is 0 Å². The van der Waals surface area contributed by atoms with Gasteiger partial charge in [0.25, 0.3) is 0 Å². The first-order valence-corrected chi connectivity index (χ1v) is 10.4. The Morgan fingerprint density at radius 3 is 2.17 bits per heavy atom. The fraction of sp³-hybridized carbons (Fsp3) is 0.292. The molecule has 2 atom stereocenters. The number of nitrogen functional groups attached to an aromatic ring is 1. The summed E-state index contributed by atoms with van der Waals surface area (Å²) in [6.07, 6.45) is 3.60. The van der Waals surface area contributed by atoms with Crippen molar-refractivity contribution in [2.24, 2.45) is 0 Å². The van der Waals surface area contributed by atoms with E-state index in [1.54, 1.807) is 0 Å². The van der Waals surface area contributed by atoms with E-state index in [2.05, 4.69) is 56.8 Å². The van der Waals surface area contributed by atoms with E-state index in [0.717, 1.165) is 30.3 Å². The summed E-state index contributed by atoms with van der Waals surface area (Å²) in [5.74, 6) is 0.531. The third-order valence-electron chi connectivity index (χ3n) is 5.57. The highest BCUT2D eigenvalue weighted by Crippen LogP contribution is 2.32. The van der Waals surface area contributed by atoms with E-state index < -0.39 is 6.10 Å². The standard InChI is InChI=1S/C24H27N5O/c25-22-16-21(23-24(26-22)28-29-27-23)19(13-11-17-7-3-1-4-8-17)15-20(30)14-12-18-9-5-2-6-10-18/h1-10,16,19-20,30H,11-15H2,(H3,25,26,27,28,29). The number of aryl methyl sites for hydroxylation is 2. The highest BCUT2D eigenvalue weighted by Gasteiger charge is 2.22. The maximum absolute atomic E-state index is 10.8. The van der Waals surface area contributed by atoms with Crippen LogP contribution in [0.25, 0.3) is 11.2 Å². The average Bonchev–Trinajstić information content (AvgIpc) is 3.24. The molecule has 0 spiro atoms. The molecule has 0 radical (unpaired) electrons. The van der Waals surface area contributed by atoms with Crippen molar-refractivity contribution in [2.45, 2.75) is 44.1 Å². The minimum atomic E-state index is -0.415. The molecule has 0 bridgehead atoms. The predicted octanol–water partition coefficient (Wildman–Crippen LogP) is 4.04. The van der Waals surface area contributed by atoms with Gasteiger partial charge in [-0.1, -0.05) is 60.7 Å². The Labute approximate surface area is 176 Å². The number of fused-ring (bicyclic) bond motifs is 1.